The molecule has 2 amide bonds. The van der Waals surface area contributed by atoms with Crippen LogP contribution in [0.1, 0.15) is 44.4 Å². The summed E-state index contributed by atoms with van der Waals surface area (Å²) in [5, 5.41) is 0.180. The van der Waals surface area contributed by atoms with E-state index in [0.29, 0.717) is 16.2 Å². The van der Waals surface area contributed by atoms with Crippen molar-refractivity contribution in [2.24, 2.45) is 0 Å². The average Bonchev–Trinajstić information content (AvgIpc) is 2.84. The number of thioether (sulfide) groups is 1. The molecule has 5 heteroatoms. The smallest absolute Gasteiger partial charge is 0.272 e. The molecule has 3 rings (SSSR count). The molecule has 0 spiro atoms. The number of ether oxygens (including phenoxy) is 1. The van der Waals surface area contributed by atoms with E-state index in [2.05, 4.69) is 0 Å². The number of nitrogens with zero attached hydrogens (tertiary/aromatic N) is 1. The van der Waals surface area contributed by atoms with Crippen molar-refractivity contribution in [1.82, 2.24) is 0 Å². The summed E-state index contributed by atoms with van der Waals surface area (Å²) in [6.07, 6.45) is 0.0712. The Morgan fingerprint density at radius 2 is 1.45 bits per heavy atom. The predicted molar refractivity (Wildman–Crippen MR) is 120 cm³/mol. The van der Waals surface area contributed by atoms with Crippen LogP contribution in [0.4, 0.5) is 5.69 Å². The zero-order valence-corrected chi connectivity index (χ0v) is 18.6. The van der Waals surface area contributed by atoms with Crippen LogP contribution < -0.4 is 9.64 Å². The van der Waals surface area contributed by atoms with E-state index in [9.17, 15) is 9.59 Å². The Hall–Kier alpha value is -2.53. The second-order valence-electron chi connectivity index (χ2n) is 7.85. The second-order valence-corrected chi connectivity index (χ2v) is 9.44. The highest BCUT2D eigenvalue weighted by atomic mass is 32.2. The van der Waals surface area contributed by atoms with Crippen LogP contribution in [0.15, 0.2) is 47.4 Å². The quantitative estimate of drug-likeness (QED) is 0.590. The van der Waals surface area contributed by atoms with Crippen LogP contribution in [0.3, 0.4) is 0 Å². The van der Waals surface area contributed by atoms with Crippen molar-refractivity contribution in [2.45, 2.75) is 52.9 Å². The second kappa shape index (κ2) is 8.46. The first-order valence-electron chi connectivity index (χ1n) is 9.82. The van der Waals surface area contributed by atoms with Crippen LogP contribution >= 0.6 is 11.8 Å². The van der Waals surface area contributed by atoms with Gasteiger partial charge in [-0.05, 0) is 68.7 Å². The number of amides is 2. The number of anilines is 1. The van der Waals surface area contributed by atoms with Crippen LogP contribution in [0.25, 0.3) is 5.57 Å². The van der Waals surface area contributed by atoms with Crippen molar-refractivity contribution in [1.29, 1.82) is 0 Å². The summed E-state index contributed by atoms with van der Waals surface area (Å²) in [6.45, 7) is 11.9. The third-order valence-corrected chi connectivity index (χ3v) is 5.46. The molecule has 2 aromatic rings. The molecule has 2 aromatic carbocycles. The lowest BCUT2D eigenvalue weighted by Crippen LogP contribution is -2.31. The molecule has 0 N–H and O–H groups in total. The van der Waals surface area contributed by atoms with Crippen molar-refractivity contribution < 1.29 is 14.3 Å². The number of imide groups is 1. The molecule has 1 aliphatic rings. The van der Waals surface area contributed by atoms with Gasteiger partial charge in [-0.2, -0.15) is 0 Å². The first-order valence-corrected chi connectivity index (χ1v) is 10.7. The van der Waals surface area contributed by atoms with E-state index in [1.807, 2.05) is 84.0 Å². The maximum atomic E-state index is 13.4. The van der Waals surface area contributed by atoms with Crippen molar-refractivity contribution in [3.63, 3.8) is 0 Å². The van der Waals surface area contributed by atoms with Gasteiger partial charge in [-0.25, -0.2) is 4.90 Å². The predicted octanol–water partition coefficient (Wildman–Crippen LogP) is 5.52. The molecule has 0 radical (unpaired) electrons. The van der Waals surface area contributed by atoms with Crippen molar-refractivity contribution in [2.75, 3.05) is 4.90 Å². The van der Waals surface area contributed by atoms with Gasteiger partial charge in [-0.15, -0.1) is 11.8 Å². The molecule has 0 fully saturated rings. The molecule has 0 bridgehead atoms. The van der Waals surface area contributed by atoms with E-state index in [4.69, 9.17) is 4.74 Å². The number of aryl methyl sites for hydroxylation is 2. The molecular formula is C24H27NO3S. The van der Waals surface area contributed by atoms with Gasteiger partial charge in [0.05, 0.1) is 22.3 Å². The minimum Gasteiger partial charge on any atom is -0.491 e. The van der Waals surface area contributed by atoms with Crippen LogP contribution in [-0.2, 0) is 9.59 Å². The summed E-state index contributed by atoms with van der Waals surface area (Å²) < 4.78 is 5.70. The fraction of sp³-hybridized carbons (Fsp3) is 0.333. The van der Waals surface area contributed by atoms with Crippen molar-refractivity contribution >= 4 is 34.8 Å². The van der Waals surface area contributed by atoms with E-state index in [1.165, 1.54) is 16.7 Å². The highest BCUT2D eigenvalue weighted by molar-refractivity contribution is 8.04. The van der Waals surface area contributed by atoms with Gasteiger partial charge >= 0.3 is 0 Å². The Morgan fingerprint density at radius 3 is 1.97 bits per heavy atom. The third kappa shape index (κ3) is 4.56. The minimum atomic E-state index is -0.277. The zero-order chi connectivity index (χ0) is 21.3. The van der Waals surface area contributed by atoms with Crippen LogP contribution in [0.5, 0.6) is 5.75 Å². The van der Waals surface area contributed by atoms with Gasteiger partial charge in [0, 0.05) is 5.25 Å². The number of rotatable bonds is 6. The SMILES string of the molecule is Cc1cc(C)cc(N2C(=O)C(SC(C)C)=C(c3ccc(OC(C)C)cc3)C2=O)c1. The van der Waals surface area contributed by atoms with Gasteiger partial charge in [0.1, 0.15) is 5.75 Å². The monoisotopic (exact) mass is 409 g/mol. The van der Waals surface area contributed by atoms with Gasteiger partial charge in [-0.3, -0.25) is 9.59 Å². The fourth-order valence-corrected chi connectivity index (χ4v) is 4.38. The summed E-state index contributed by atoms with van der Waals surface area (Å²) in [5.74, 6) is 0.210. The Kier molecular flexibility index (Phi) is 6.18. The molecule has 0 aromatic heterocycles. The molecule has 152 valence electrons. The summed E-state index contributed by atoms with van der Waals surface area (Å²) in [5.41, 5.74) is 3.84. The molecule has 4 nitrogen and oxygen atoms in total. The highest BCUT2D eigenvalue weighted by Crippen LogP contribution is 2.40. The minimum absolute atomic E-state index is 0.0712. The van der Waals surface area contributed by atoms with E-state index in [-0.39, 0.29) is 23.2 Å². The van der Waals surface area contributed by atoms with E-state index < -0.39 is 0 Å². The summed E-state index contributed by atoms with van der Waals surface area (Å²) in [7, 11) is 0. The van der Waals surface area contributed by atoms with E-state index in [0.717, 1.165) is 22.4 Å². The molecule has 29 heavy (non-hydrogen) atoms. The standard InChI is InChI=1S/C24H27NO3S/c1-14(2)28-20-9-7-18(8-10-20)21-22(29-15(3)4)24(27)25(23(21)26)19-12-16(5)11-17(6)13-19/h7-15H,1-6H3. The Balaban J connectivity index is 2.05. The number of hydrogen-bond acceptors (Lipinski definition) is 4. The highest BCUT2D eigenvalue weighted by Gasteiger charge is 2.40. The maximum Gasteiger partial charge on any atom is 0.272 e. The lowest BCUT2D eigenvalue weighted by molar-refractivity contribution is -0.119. The molecule has 0 atom stereocenters. The summed E-state index contributed by atoms with van der Waals surface area (Å²) >= 11 is 1.43. The fourth-order valence-electron chi connectivity index (χ4n) is 3.40. The topological polar surface area (TPSA) is 46.6 Å². The first-order chi connectivity index (χ1) is 13.7. The van der Waals surface area contributed by atoms with Gasteiger partial charge in [0.25, 0.3) is 11.8 Å². The van der Waals surface area contributed by atoms with Crippen LogP contribution in [0.2, 0.25) is 0 Å². The molecule has 0 saturated carbocycles. The summed E-state index contributed by atoms with van der Waals surface area (Å²) in [4.78, 5) is 28.5. The van der Waals surface area contributed by atoms with E-state index >= 15 is 0 Å². The number of hydrogen-bond donors (Lipinski definition) is 0. The first kappa shape index (κ1) is 21.2. The lowest BCUT2D eigenvalue weighted by Gasteiger charge is -2.17. The third-order valence-electron chi connectivity index (χ3n) is 4.37. The summed E-state index contributed by atoms with van der Waals surface area (Å²) in [6, 6.07) is 13.2. The Bertz CT molecular complexity index is 954. The Labute approximate surface area is 176 Å². The van der Waals surface area contributed by atoms with Gasteiger partial charge in [0.15, 0.2) is 0 Å². The largest absolute Gasteiger partial charge is 0.491 e. The zero-order valence-electron chi connectivity index (χ0n) is 17.8. The van der Waals surface area contributed by atoms with Crippen LogP contribution in [-0.4, -0.2) is 23.2 Å². The van der Waals surface area contributed by atoms with Crippen molar-refractivity contribution in [3.8, 4) is 5.75 Å². The van der Waals surface area contributed by atoms with Gasteiger partial charge in [0.2, 0.25) is 0 Å². The molecule has 1 heterocycles. The van der Waals surface area contributed by atoms with Crippen molar-refractivity contribution in [3.05, 3.63) is 64.1 Å². The number of benzene rings is 2. The molecule has 0 unspecified atom stereocenters. The Morgan fingerprint density at radius 1 is 0.862 bits per heavy atom. The van der Waals surface area contributed by atoms with Gasteiger partial charge in [-0.1, -0.05) is 32.0 Å². The van der Waals surface area contributed by atoms with Crippen LogP contribution in [0, 0.1) is 13.8 Å². The van der Waals surface area contributed by atoms with E-state index in [1.54, 1.807) is 0 Å². The molecule has 1 aliphatic heterocycles. The molecular weight excluding hydrogens is 382 g/mol. The number of carbonyl (C=O) groups is 2. The molecule has 0 saturated heterocycles. The molecule has 0 aliphatic carbocycles. The average molecular weight is 410 g/mol. The number of carbonyl (C=O) groups excluding carboxylic acids is 2. The lowest BCUT2D eigenvalue weighted by atomic mass is 10.1. The van der Waals surface area contributed by atoms with Gasteiger partial charge < -0.3 is 4.74 Å². The normalized spacial score (nSPS) is 14.6. The maximum absolute atomic E-state index is 13.4.